The molecule has 0 amide bonds. The van der Waals surface area contributed by atoms with Gasteiger partial charge in [-0.3, -0.25) is 4.21 Å². The maximum atomic E-state index is 12.0. The smallest absolute Gasteiger partial charge is 0.0943 e. The molecule has 0 bridgehead atoms. The molecule has 0 aliphatic carbocycles. The van der Waals surface area contributed by atoms with Gasteiger partial charge in [-0.25, -0.2) is 0 Å². The first-order valence-electron chi connectivity index (χ1n) is 5.99. The molecule has 1 aliphatic heterocycles. The van der Waals surface area contributed by atoms with Crippen molar-refractivity contribution in [2.24, 2.45) is 5.73 Å². The maximum absolute atomic E-state index is 12.0. The minimum atomic E-state index is -0.920. The van der Waals surface area contributed by atoms with Crippen LogP contribution in [0.1, 0.15) is 24.2 Å². The van der Waals surface area contributed by atoms with Crippen LogP contribution in [0, 0.1) is 0 Å². The van der Waals surface area contributed by atoms with Crippen molar-refractivity contribution in [3.8, 4) is 0 Å². The summed E-state index contributed by atoms with van der Waals surface area (Å²) in [6.45, 7) is 3.10. The molecule has 3 unspecified atom stereocenters. The molecule has 0 spiro atoms. The largest absolute Gasteiger partial charge is 0.372 e. The Bertz CT molecular complexity index is 408. The van der Waals surface area contributed by atoms with Crippen molar-refractivity contribution in [2.75, 3.05) is 18.9 Å². The second-order valence-corrected chi connectivity index (χ2v) is 6.30. The lowest BCUT2D eigenvalue weighted by Gasteiger charge is -2.26. The highest BCUT2D eigenvalue weighted by atomic mass is 32.2. The SMILES string of the molecule is CC(CN)S(=O)CC1OCCc2ccccc21. The maximum Gasteiger partial charge on any atom is 0.0943 e. The third kappa shape index (κ3) is 2.94. The first kappa shape index (κ1) is 12.7. The number of ether oxygens (including phenoxy) is 1. The lowest BCUT2D eigenvalue weighted by Crippen LogP contribution is -2.28. The second-order valence-electron chi connectivity index (χ2n) is 4.40. The Kier molecular flexibility index (Phi) is 4.31. The average Bonchev–Trinajstić information content (AvgIpc) is 2.38. The van der Waals surface area contributed by atoms with Crippen LogP contribution in [-0.4, -0.2) is 28.4 Å². The van der Waals surface area contributed by atoms with Crippen LogP contribution in [0.2, 0.25) is 0 Å². The van der Waals surface area contributed by atoms with Gasteiger partial charge in [-0.05, 0) is 24.5 Å². The number of rotatable bonds is 4. The third-order valence-corrected chi connectivity index (χ3v) is 4.91. The van der Waals surface area contributed by atoms with E-state index >= 15 is 0 Å². The van der Waals surface area contributed by atoms with Gasteiger partial charge in [0.2, 0.25) is 0 Å². The van der Waals surface area contributed by atoms with Gasteiger partial charge in [-0.2, -0.15) is 0 Å². The van der Waals surface area contributed by atoms with E-state index in [0.29, 0.717) is 12.3 Å². The molecule has 0 aromatic heterocycles. The summed E-state index contributed by atoms with van der Waals surface area (Å²) < 4.78 is 17.7. The van der Waals surface area contributed by atoms with Gasteiger partial charge in [0.05, 0.1) is 18.5 Å². The zero-order chi connectivity index (χ0) is 12.3. The molecule has 1 aromatic rings. The van der Waals surface area contributed by atoms with Gasteiger partial charge < -0.3 is 10.5 Å². The summed E-state index contributed by atoms with van der Waals surface area (Å²) in [5.74, 6) is 0.551. The molecule has 0 saturated heterocycles. The minimum absolute atomic E-state index is 0.0326. The van der Waals surface area contributed by atoms with Gasteiger partial charge >= 0.3 is 0 Å². The quantitative estimate of drug-likeness (QED) is 0.882. The van der Waals surface area contributed by atoms with Crippen molar-refractivity contribution in [2.45, 2.75) is 24.7 Å². The van der Waals surface area contributed by atoms with E-state index in [1.807, 2.05) is 19.1 Å². The second kappa shape index (κ2) is 5.76. The summed E-state index contributed by atoms with van der Waals surface area (Å²) in [5.41, 5.74) is 8.05. The van der Waals surface area contributed by atoms with E-state index in [9.17, 15) is 4.21 Å². The lowest BCUT2D eigenvalue weighted by atomic mass is 9.99. The standard InChI is InChI=1S/C13H19NO2S/c1-10(8-14)17(15)9-13-12-5-3-2-4-11(12)6-7-16-13/h2-5,10,13H,6-9,14H2,1H3. The van der Waals surface area contributed by atoms with Crippen LogP contribution in [0.4, 0.5) is 0 Å². The summed E-state index contributed by atoms with van der Waals surface area (Å²) in [6.07, 6.45) is 0.918. The number of benzene rings is 1. The van der Waals surface area contributed by atoms with Crippen molar-refractivity contribution in [3.05, 3.63) is 35.4 Å². The zero-order valence-electron chi connectivity index (χ0n) is 10.1. The fraction of sp³-hybridized carbons (Fsp3) is 0.538. The highest BCUT2D eigenvalue weighted by molar-refractivity contribution is 7.85. The highest BCUT2D eigenvalue weighted by Crippen LogP contribution is 2.27. The molecule has 2 N–H and O–H groups in total. The van der Waals surface area contributed by atoms with Gasteiger partial charge in [0.25, 0.3) is 0 Å². The molecule has 3 atom stereocenters. The van der Waals surface area contributed by atoms with Gasteiger partial charge in [0.15, 0.2) is 0 Å². The van der Waals surface area contributed by atoms with Crippen LogP contribution in [0.3, 0.4) is 0 Å². The minimum Gasteiger partial charge on any atom is -0.372 e. The molecular formula is C13H19NO2S. The summed E-state index contributed by atoms with van der Waals surface area (Å²) in [4.78, 5) is 0. The zero-order valence-corrected chi connectivity index (χ0v) is 10.9. The molecule has 94 valence electrons. The molecule has 4 heteroatoms. The van der Waals surface area contributed by atoms with Crippen molar-refractivity contribution in [3.63, 3.8) is 0 Å². The van der Waals surface area contributed by atoms with Crippen LogP contribution in [0.5, 0.6) is 0 Å². The Morgan fingerprint density at radius 2 is 2.29 bits per heavy atom. The van der Waals surface area contributed by atoms with Crippen molar-refractivity contribution < 1.29 is 8.95 Å². The third-order valence-electron chi connectivity index (χ3n) is 3.19. The van der Waals surface area contributed by atoms with E-state index in [1.165, 1.54) is 11.1 Å². The van der Waals surface area contributed by atoms with E-state index < -0.39 is 10.8 Å². The molecule has 17 heavy (non-hydrogen) atoms. The molecule has 0 saturated carbocycles. The molecule has 0 radical (unpaired) electrons. The number of fused-ring (bicyclic) bond motifs is 1. The van der Waals surface area contributed by atoms with Gasteiger partial charge in [0, 0.05) is 22.6 Å². The van der Waals surface area contributed by atoms with Crippen LogP contribution >= 0.6 is 0 Å². The van der Waals surface area contributed by atoms with E-state index in [4.69, 9.17) is 10.5 Å². The molecule has 0 fully saturated rings. The van der Waals surface area contributed by atoms with E-state index in [-0.39, 0.29) is 11.4 Å². The number of nitrogens with two attached hydrogens (primary N) is 1. The number of hydrogen-bond acceptors (Lipinski definition) is 3. The topological polar surface area (TPSA) is 52.3 Å². The molecule has 2 rings (SSSR count). The Hall–Kier alpha value is -0.710. The Balaban J connectivity index is 2.11. The van der Waals surface area contributed by atoms with Crippen LogP contribution in [-0.2, 0) is 22.0 Å². The normalized spacial score (nSPS) is 22.8. The fourth-order valence-corrected chi connectivity index (χ4v) is 3.15. The van der Waals surface area contributed by atoms with E-state index in [2.05, 4.69) is 12.1 Å². The molecule has 3 nitrogen and oxygen atoms in total. The molecule has 1 aliphatic rings. The van der Waals surface area contributed by atoms with Crippen molar-refractivity contribution in [1.29, 1.82) is 0 Å². The van der Waals surface area contributed by atoms with Gasteiger partial charge in [-0.1, -0.05) is 24.3 Å². The predicted molar refractivity (Wildman–Crippen MR) is 70.4 cm³/mol. The lowest BCUT2D eigenvalue weighted by molar-refractivity contribution is 0.0581. The van der Waals surface area contributed by atoms with Crippen LogP contribution in [0.25, 0.3) is 0 Å². The molecular weight excluding hydrogens is 234 g/mol. The molecule has 1 aromatic carbocycles. The van der Waals surface area contributed by atoms with Crippen LogP contribution < -0.4 is 5.73 Å². The summed E-state index contributed by atoms with van der Waals surface area (Å²) in [7, 11) is -0.920. The highest BCUT2D eigenvalue weighted by Gasteiger charge is 2.23. The van der Waals surface area contributed by atoms with Crippen molar-refractivity contribution in [1.82, 2.24) is 0 Å². The summed E-state index contributed by atoms with van der Waals surface area (Å²) in [6, 6.07) is 8.25. The summed E-state index contributed by atoms with van der Waals surface area (Å²) in [5, 5.41) is 0.0349. The first-order valence-corrected chi connectivity index (χ1v) is 7.37. The first-order chi connectivity index (χ1) is 8.22. The van der Waals surface area contributed by atoms with Crippen molar-refractivity contribution >= 4 is 10.8 Å². The molecule has 1 heterocycles. The monoisotopic (exact) mass is 253 g/mol. The summed E-state index contributed by atoms with van der Waals surface area (Å²) >= 11 is 0. The van der Waals surface area contributed by atoms with E-state index in [0.717, 1.165) is 13.0 Å². The predicted octanol–water partition coefficient (Wildman–Crippen LogP) is 1.40. The van der Waals surface area contributed by atoms with E-state index in [1.54, 1.807) is 0 Å². The van der Waals surface area contributed by atoms with Crippen LogP contribution in [0.15, 0.2) is 24.3 Å². The fourth-order valence-electron chi connectivity index (χ4n) is 2.04. The average molecular weight is 253 g/mol. The Labute approximate surface area is 105 Å². The number of hydrogen-bond donors (Lipinski definition) is 1. The Morgan fingerprint density at radius 3 is 3.06 bits per heavy atom. The van der Waals surface area contributed by atoms with Gasteiger partial charge in [-0.15, -0.1) is 0 Å². The Morgan fingerprint density at radius 1 is 1.53 bits per heavy atom. The van der Waals surface area contributed by atoms with Gasteiger partial charge in [0.1, 0.15) is 0 Å².